The third-order valence-corrected chi connectivity index (χ3v) is 4.50. The van der Waals surface area contributed by atoms with E-state index in [9.17, 15) is 0 Å². The van der Waals surface area contributed by atoms with Crippen molar-refractivity contribution >= 4 is 38.1 Å². The van der Waals surface area contributed by atoms with E-state index in [1.54, 1.807) is 0 Å². The highest BCUT2D eigenvalue weighted by Gasteiger charge is 2.19. The van der Waals surface area contributed by atoms with Crippen LogP contribution < -0.4 is 0 Å². The first kappa shape index (κ1) is 11.0. The van der Waals surface area contributed by atoms with Crippen molar-refractivity contribution in [1.29, 1.82) is 0 Å². The SMILES string of the molecule is Cc1nccc2c3cccc4c5ccnc(C)c5n(c12)c34. The molecule has 0 bridgehead atoms. The van der Waals surface area contributed by atoms with Crippen LogP contribution in [0.2, 0.25) is 0 Å². The molecular weight excluding hydrogens is 258 g/mol. The van der Waals surface area contributed by atoms with E-state index in [0.29, 0.717) is 0 Å². The number of para-hydroxylation sites is 1. The van der Waals surface area contributed by atoms with Gasteiger partial charge in [0.15, 0.2) is 0 Å². The summed E-state index contributed by atoms with van der Waals surface area (Å²) in [4.78, 5) is 8.99. The van der Waals surface area contributed by atoms with Crippen molar-refractivity contribution in [2.24, 2.45) is 0 Å². The van der Waals surface area contributed by atoms with E-state index in [-0.39, 0.29) is 0 Å². The van der Waals surface area contributed by atoms with Gasteiger partial charge in [0.1, 0.15) is 0 Å². The molecule has 21 heavy (non-hydrogen) atoms. The van der Waals surface area contributed by atoms with Crippen LogP contribution in [0.3, 0.4) is 0 Å². The van der Waals surface area contributed by atoms with E-state index in [2.05, 4.69) is 58.5 Å². The minimum atomic E-state index is 1.06. The average Bonchev–Trinajstić information content (AvgIpc) is 3.00. The summed E-state index contributed by atoms with van der Waals surface area (Å²) in [5, 5.41) is 5.13. The maximum absolute atomic E-state index is 4.50. The van der Waals surface area contributed by atoms with Crippen LogP contribution in [-0.2, 0) is 0 Å². The second kappa shape index (κ2) is 3.50. The van der Waals surface area contributed by atoms with Gasteiger partial charge in [-0.25, -0.2) is 0 Å². The van der Waals surface area contributed by atoms with Gasteiger partial charge in [-0.2, -0.15) is 0 Å². The lowest BCUT2D eigenvalue weighted by molar-refractivity contribution is 1.17. The summed E-state index contributed by atoms with van der Waals surface area (Å²) in [7, 11) is 0. The smallest absolute Gasteiger partial charge is 0.0755 e. The lowest BCUT2D eigenvalue weighted by atomic mass is 10.1. The molecule has 0 fully saturated rings. The van der Waals surface area contributed by atoms with Gasteiger partial charge in [0, 0.05) is 33.9 Å². The fraction of sp³-hybridized carbons (Fsp3) is 0.111. The van der Waals surface area contributed by atoms with Crippen LogP contribution in [0.4, 0.5) is 0 Å². The molecule has 4 aromatic heterocycles. The highest BCUT2D eigenvalue weighted by Crippen LogP contribution is 2.39. The van der Waals surface area contributed by atoms with Gasteiger partial charge in [0.2, 0.25) is 0 Å². The van der Waals surface area contributed by atoms with Crippen molar-refractivity contribution in [3.8, 4) is 0 Å². The minimum Gasteiger partial charge on any atom is -0.304 e. The van der Waals surface area contributed by atoms with Gasteiger partial charge in [-0.1, -0.05) is 18.2 Å². The van der Waals surface area contributed by atoms with Crippen LogP contribution in [-0.4, -0.2) is 14.4 Å². The van der Waals surface area contributed by atoms with Gasteiger partial charge in [-0.05, 0) is 26.0 Å². The molecule has 100 valence electrons. The van der Waals surface area contributed by atoms with Gasteiger partial charge in [0.05, 0.1) is 27.9 Å². The second-order valence-corrected chi connectivity index (χ2v) is 5.62. The summed E-state index contributed by atoms with van der Waals surface area (Å²) in [5.74, 6) is 0. The Morgan fingerprint density at radius 3 is 1.67 bits per heavy atom. The number of rotatable bonds is 0. The molecule has 3 heteroatoms. The minimum absolute atomic E-state index is 1.06. The van der Waals surface area contributed by atoms with Crippen LogP contribution >= 0.6 is 0 Å². The molecule has 0 unspecified atom stereocenters. The van der Waals surface area contributed by atoms with Crippen molar-refractivity contribution in [3.05, 3.63) is 54.1 Å². The molecule has 3 nitrogen and oxygen atoms in total. The number of pyridine rings is 2. The Hall–Kier alpha value is -2.68. The Morgan fingerprint density at radius 2 is 1.14 bits per heavy atom. The molecule has 0 aliphatic heterocycles. The second-order valence-electron chi connectivity index (χ2n) is 5.62. The van der Waals surface area contributed by atoms with E-state index in [0.717, 1.165) is 11.4 Å². The van der Waals surface area contributed by atoms with Crippen LogP contribution in [0.25, 0.3) is 38.1 Å². The highest BCUT2D eigenvalue weighted by atomic mass is 14.9. The molecule has 0 aliphatic carbocycles. The molecule has 5 rings (SSSR count). The third kappa shape index (κ3) is 1.16. The first-order valence-electron chi connectivity index (χ1n) is 7.12. The number of hydrogen-bond acceptors (Lipinski definition) is 2. The summed E-state index contributed by atoms with van der Waals surface area (Å²) in [6.45, 7) is 4.15. The molecule has 0 radical (unpaired) electrons. The largest absolute Gasteiger partial charge is 0.304 e. The molecule has 0 aliphatic rings. The molecule has 0 amide bonds. The van der Waals surface area contributed by atoms with E-state index < -0.39 is 0 Å². The van der Waals surface area contributed by atoms with Crippen LogP contribution in [0, 0.1) is 13.8 Å². The predicted octanol–water partition coefficient (Wildman–Crippen LogP) is 4.24. The molecule has 0 atom stereocenters. The van der Waals surface area contributed by atoms with Crippen molar-refractivity contribution in [1.82, 2.24) is 14.4 Å². The van der Waals surface area contributed by atoms with E-state index in [1.807, 2.05) is 12.4 Å². The summed E-state index contributed by atoms with van der Waals surface area (Å²) in [6, 6.07) is 10.8. The molecule has 0 N–H and O–H groups in total. The van der Waals surface area contributed by atoms with Gasteiger partial charge < -0.3 is 4.40 Å². The molecule has 4 heterocycles. The fourth-order valence-electron chi connectivity index (χ4n) is 3.67. The zero-order valence-corrected chi connectivity index (χ0v) is 11.9. The lowest BCUT2D eigenvalue weighted by Gasteiger charge is -2.01. The standard InChI is InChI=1S/C18H13N3/c1-10-16-14(6-8-19-10)12-4-3-5-13-15-7-9-20-11(2)17(15)21(16)18(12)13/h3-9H,1-2H3. The monoisotopic (exact) mass is 271 g/mol. The average molecular weight is 271 g/mol. The third-order valence-electron chi connectivity index (χ3n) is 4.50. The van der Waals surface area contributed by atoms with Gasteiger partial charge >= 0.3 is 0 Å². The van der Waals surface area contributed by atoms with E-state index >= 15 is 0 Å². The summed E-state index contributed by atoms with van der Waals surface area (Å²) in [6.07, 6.45) is 3.79. The summed E-state index contributed by atoms with van der Waals surface area (Å²) in [5.41, 5.74) is 5.82. The molecular formula is C18H13N3. The van der Waals surface area contributed by atoms with E-state index in [4.69, 9.17) is 0 Å². The number of aromatic nitrogens is 3. The number of fused-ring (bicyclic) bond motifs is 6. The predicted molar refractivity (Wildman–Crippen MR) is 86.2 cm³/mol. The maximum atomic E-state index is 4.50. The van der Waals surface area contributed by atoms with Crippen LogP contribution in [0.15, 0.2) is 42.7 Å². The topological polar surface area (TPSA) is 30.2 Å². The number of aryl methyl sites for hydroxylation is 2. The Morgan fingerprint density at radius 1 is 0.667 bits per heavy atom. The Bertz CT molecular complexity index is 1070. The fourth-order valence-corrected chi connectivity index (χ4v) is 3.67. The zero-order valence-electron chi connectivity index (χ0n) is 11.9. The van der Waals surface area contributed by atoms with Crippen LogP contribution in [0.5, 0.6) is 0 Å². The van der Waals surface area contributed by atoms with Crippen molar-refractivity contribution in [2.75, 3.05) is 0 Å². The molecule has 5 aromatic rings. The first-order valence-corrected chi connectivity index (χ1v) is 7.12. The number of benzene rings is 1. The van der Waals surface area contributed by atoms with Crippen LogP contribution in [0.1, 0.15) is 11.4 Å². The summed E-state index contributed by atoms with van der Waals surface area (Å²) >= 11 is 0. The van der Waals surface area contributed by atoms with Crippen molar-refractivity contribution in [3.63, 3.8) is 0 Å². The highest BCUT2D eigenvalue weighted by molar-refractivity contribution is 6.23. The summed E-state index contributed by atoms with van der Waals surface area (Å²) < 4.78 is 2.35. The molecule has 0 saturated carbocycles. The van der Waals surface area contributed by atoms with Crippen molar-refractivity contribution < 1.29 is 0 Å². The van der Waals surface area contributed by atoms with Gasteiger partial charge in [0.25, 0.3) is 0 Å². The molecule has 0 spiro atoms. The van der Waals surface area contributed by atoms with Gasteiger partial charge in [-0.3, -0.25) is 9.97 Å². The Labute approximate surface area is 121 Å². The quantitative estimate of drug-likeness (QED) is 0.421. The van der Waals surface area contributed by atoms with E-state index in [1.165, 1.54) is 38.1 Å². The van der Waals surface area contributed by atoms with Crippen molar-refractivity contribution in [2.45, 2.75) is 13.8 Å². The molecule has 1 aromatic carbocycles. The Kier molecular flexibility index (Phi) is 1.84. The number of hydrogen-bond donors (Lipinski definition) is 0. The Balaban J connectivity index is 2.32. The lowest BCUT2D eigenvalue weighted by Crippen LogP contribution is -1.90. The first-order chi connectivity index (χ1) is 10.3. The zero-order chi connectivity index (χ0) is 14.1. The maximum Gasteiger partial charge on any atom is 0.0755 e. The van der Waals surface area contributed by atoms with Gasteiger partial charge in [-0.15, -0.1) is 0 Å². The number of nitrogens with zero attached hydrogens (tertiary/aromatic N) is 3. The molecule has 0 saturated heterocycles. The normalized spacial score (nSPS) is 12.3.